The quantitative estimate of drug-likeness (QED) is 0.796. The van der Waals surface area contributed by atoms with Crippen LogP contribution in [0.4, 0.5) is 0 Å². The van der Waals surface area contributed by atoms with Gasteiger partial charge in [-0.05, 0) is 67.6 Å². The highest BCUT2D eigenvalue weighted by Gasteiger charge is 2.45. The van der Waals surface area contributed by atoms with Crippen molar-refractivity contribution in [2.45, 2.75) is 38.4 Å². The van der Waals surface area contributed by atoms with Crippen LogP contribution in [0, 0.1) is 5.41 Å². The van der Waals surface area contributed by atoms with Crippen molar-refractivity contribution in [1.29, 1.82) is 0 Å². The van der Waals surface area contributed by atoms with Gasteiger partial charge >= 0.3 is 0 Å². The van der Waals surface area contributed by atoms with Crippen LogP contribution >= 0.6 is 0 Å². The van der Waals surface area contributed by atoms with Gasteiger partial charge in [-0.1, -0.05) is 0 Å². The van der Waals surface area contributed by atoms with Crippen molar-refractivity contribution < 1.29 is 9.15 Å². The number of rotatable bonds is 6. The first kappa shape index (κ1) is 17.7. The lowest BCUT2D eigenvalue weighted by Gasteiger charge is -2.39. The number of nitrogens with zero attached hydrogens (tertiary/aromatic N) is 3. The molecule has 2 aromatic rings. The highest BCUT2D eigenvalue weighted by molar-refractivity contribution is 5.11. The molecule has 2 saturated heterocycles. The van der Waals surface area contributed by atoms with Crippen molar-refractivity contribution in [3.8, 4) is 0 Å². The topological polar surface area (TPSA) is 41.7 Å². The maximum atomic E-state index is 5.54. The van der Waals surface area contributed by atoms with Crippen molar-refractivity contribution in [1.82, 2.24) is 14.8 Å². The largest absolute Gasteiger partial charge is 0.468 e. The standard InChI is InChI=1S/C21H29N3O2/c1-25-16-19-13-21(17-24(19)14-18-4-8-22-9-5-18)6-10-23(11-7-21)15-20-3-2-12-26-20/h2-5,8-9,12,19H,6-7,10-11,13-17H2,1H3/t19-/m1/s1. The van der Waals surface area contributed by atoms with Crippen LogP contribution < -0.4 is 0 Å². The smallest absolute Gasteiger partial charge is 0.117 e. The second-order valence-electron chi connectivity index (χ2n) is 7.93. The maximum absolute atomic E-state index is 5.54. The summed E-state index contributed by atoms with van der Waals surface area (Å²) < 4.78 is 11.1. The van der Waals surface area contributed by atoms with Crippen molar-refractivity contribution in [3.05, 3.63) is 54.2 Å². The van der Waals surface area contributed by atoms with Gasteiger partial charge in [0.05, 0.1) is 19.4 Å². The lowest BCUT2D eigenvalue weighted by atomic mass is 9.76. The third-order valence-electron chi connectivity index (χ3n) is 6.09. The van der Waals surface area contributed by atoms with Gasteiger partial charge in [-0.15, -0.1) is 0 Å². The number of piperidine rings is 1. The molecule has 2 aliphatic rings. The minimum Gasteiger partial charge on any atom is -0.468 e. The highest BCUT2D eigenvalue weighted by Crippen LogP contribution is 2.44. The molecule has 2 fully saturated rings. The van der Waals surface area contributed by atoms with E-state index in [2.05, 4.69) is 33.0 Å². The van der Waals surface area contributed by atoms with Gasteiger partial charge in [0.2, 0.25) is 0 Å². The number of pyridine rings is 1. The number of hydrogen-bond donors (Lipinski definition) is 0. The normalized spacial score (nSPS) is 23.7. The Morgan fingerprint density at radius 1 is 1.19 bits per heavy atom. The average Bonchev–Trinajstić information content (AvgIpc) is 3.27. The molecule has 0 N–H and O–H groups in total. The van der Waals surface area contributed by atoms with E-state index < -0.39 is 0 Å². The van der Waals surface area contributed by atoms with Crippen LogP contribution in [-0.2, 0) is 17.8 Å². The van der Waals surface area contributed by atoms with Crippen molar-refractivity contribution in [2.24, 2.45) is 5.41 Å². The van der Waals surface area contributed by atoms with Crippen LogP contribution in [0.15, 0.2) is 47.3 Å². The predicted octanol–water partition coefficient (Wildman–Crippen LogP) is 3.18. The minimum absolute atomic E-state index is 0.440. The Bertz CT molecular complexity index is 666. The third-order valence-corrected chi connectivity index (χ3v) is 6.09. The fraction of sp³-hybridized carbons (Fsp3) is 0.571. The lowest BCUT2D eigenvalue weighted by Crippen LogP contribution is -2.41. The Balaban J connectivity index is 1.38. The van der Waals surface area contributed by atoms with E-state index in [-0.39, 0.29) is 0 Å². The fourth-order valence-electron chi connectivity index (χ4n) is 4.69. The first-order valence-corrected chi connectivity index (χ1v) is 9.63. The Morgan fingerprint density at radius 2 is 2.00 bits per heavy atom. The SMILES string of the molecule is COC[C@H]1CC2(CCN(Cc3ccco3)CC2)CN1Cc1ccncc1. The van der Waals surface area contributed by atoms with Gasteiger partial charge in [0.1, 0.15) is 5.76 Å². The number of hydrogen-bond acceptors (Lipinski definition) is 5. The molecule has 0 bridgehead atoms. The minimum atomic E-state index is 0.440. The van der Waals surface area contributed by atoms with Crippen molar-refractivity contribution >= 4 is 0 Å². The summed E-state index contributed by atoms with van der Waals surface area (Å²) in [5, 5.41) is 0. The average molecular weight is 355 g/mol. The van der Waals surface area contributed by atoms with Crippen LogP contribution in [0.3, 0.4) is 0 Å². The third kappa shape index (κ3) is 4.00. The molecule has 140 valence electrons. The summed E-state index contributed by atoms with van der Waals surface area (Å²) >= 11 is 0. The van der Waals surface area contributed by atoms with E-state index in [1.54, 1.807) is 6.26 Å². The molecule has 4 rings (SSSR count). The van der Waals surface area contributed by atoms with Gasteiger partial charge in [0, 0.05) is 38.6 Å². The molecule has 0 radical (unpaired) electrons. The molecule has 0 saturated carbocycles. The van der Waals surface area contributed by atoms with Gasteiger partial charge < -0.3 is 9.15 Å². The fourth-order valence-corrected chi connectivity index (χ4v) is 4.69. The van der Waals surface area contributed by atoms with Crippen LogP contribution in [0.5, 0.6) is 0 Å². The number of methoxy groups -OCH3 is 1. The van der Waals surface area contributed by atoms with Crippen LogP contribution in [0.1, 0.15) is 30.6 Å². The molecule has 2 aliphatic heterocycles. The highest BCUT2D eigenvalue weighted by atomic mass is 16.5. The Hall–Kier alpha value is -1.69. The Labute approximate surface area is 156 Å². The van der Waals surface area contributed by atoms with E-state index in [9.17, 15) is 0 Å². The zero-order chi connectivity index (χ0) is 17.8. The molecular formula is C21H29N3O2. The zero-order valence-electron chi connectivity index (χ0n) is 15.6. The van der Waals surface area contributed by atoms with E-state index in [0.29, 0.717) is 11.5 Å². The number of furan rings is 1. The lowest BCUT2D eigenvalue weighted by molar-refractivity contribution is 0.0966. The van der Waals surface area contributed by atoms with Gasteiger partial charge in [-0.25, -0.2) is 0 Å². The Kier molecular flexibility index (Phi) is 5.38. The summed E-state index contributed by atoms with van der Waals surface area (Å²) in [5.41, 5.74) is 1.78. The first-order valence-electron chi connectivity index (χ1n) is 9.63. The molecule has 0 aliphatic carbocycles. The summed E-state index contributed by atoms with van der Waals surface area (Å²) in [4.78, 5) is 9.30. The van der Waals surface area contributed by atoms with Crippen LogP contribution in [0.25, 0.3) is 0 Å². The monoisotopic (exact) mass is 355 g/mol. The maximum Gasteiger partial charge on any atom is 0.117 e. The molecule has 2 aromatic heterocycles. The summed E-state index contributed by atoms with van der Waals surface area (Å²) in [5.74, 6) is 1.07. The zero-order valence-corrected chi connectivity index (χ0v) is 15.6. The second-order valence-corrected chi connectivity index (χ2v) is 7.93. The van der Waals surface area contributed by atoms with E-state index in [1.807, 2.05) is 25.6 Å². The van der Waals surface area contributed by atoms with Gasteiger partial charge in [-0.3, -0.25) is 14.8 Å². The van der Waals surface area contributed by atoms with Crippen molar-refractivity contribution in [3.63, 3.8) is 0 Å². The van der Waals surface area contributed by atoms with Crippen LogP contribution in [-0.4, -0.2) is 54.2 Å². The molecule has 0 amide bonds. The summed E-state index contributed by atoms with van der Waals surface area (Å²) in [6.45, 7) is 6.24. The number of likely N-dealkylation sites (tertiary alicyclic amines) is 2. The number of ether oxygens (including phenoxy) is 1. The molecule has 4 heterocycles. The molecule has 1 atom stereocenters. The summed E-state index contributed by atoms with van der Waals surface area (Å²) in [6.07, 6.45) is 9.32. The molecule has 5 nitrogen and oxygen atoms in total. The second kappa shape index (κ2) is 7.91. The molecule has 1 spiro atoms. The Morgan fingerprint density at radius 3 is 2.69 bits per heavy atom. The van der Waals surface area contributed by atoms with E-state index >= 15 is 0 Å². The molecule has 0 aromatic carbocycles. The molecule has 0 unspecified atom stereocenters. The molecular weight excluding hydrogens is 326 g/mol. The first-order chi connectivity index (χ1) is 12.8. The van der Waals surface area contributed by atoms with E-state index in [4.69, 9.17) is 9.15 Å². The summed E-state index contributed by atoms with van der Waals surface area (Å²) in [7, 11) is 1.82. The summed E-state index contributed by atoms with van der Waals surface area (Å²) in [6, 6.07) is 8.82. The van der Waals surface area contributed by atoms with E-state index in [1.165, 1.54) is 31.4 Å². The van der Waals surface area contributed by atoms with Gasteiger partial charge in [0.15, 0.2) is 0 Å². The van der Waals surface area contributed by atoms with E-state index in [0.717, 1.165) is 38.5 Å². The predicted molar refractivity (Wildman–Crippen MR) is 101 cm³/mol. The van der Waals surface area contributed by atoms with Crippen molar-refractivity contribution in [2.75, 3.05) is 33.4 Å². The molecule has 26 heavy (non-hydrogen) atoms. The van der Waals surface area contributed by atoms with Crippen LogP contribution in [0.2, 0.25) is 0 Å². The molecule has 5 heteroatoms. The number of aromatic nitrogens is 1. The van der Waals surface area contributed by atoms with Gasteiger partial charge in [0.25, 0.3) is 0 Å². The van der Waals surface area contributed by atoms with Gasteiger partial charge in [-0.2, -0.15) is 0 Å².